The first-order valence-electron chi connectivity index (χ1n) is 8.88. The summed E-state index contributed by atoms with van der Waals surface area (Å²) in [5.74, 6) is -2.76. The molecule has 0 aliphatic rings. The van der Waals surface area contributed by atoms with Crippen LogP contribution in [0.3, 0.4) is 0 Å². The molecule has 0 saturated heterocycles. The van der Waals surface area contributed by atoms with Gasteiger partial charge in [-0.3, -0.25) is 4.72 Å². The fourth-order valence-electron chi connectivity index (χ4n) is 2.83. The van der Waals surface area contributed by atoms with E-state index in [1.54, 1.807) is 18.3 Å². The number of aromatic nitrogens is 2. The number of methoxy groups -OCH3 is 1. The minimum absolute atomic E-state index is 0.146. The first kappa shape index (κ1) is 21.5. The summed E-state index contributed by atoms with van der Waals surface area (Å²) in [4.78, 5) is 15.3. The van der Waals surface area contributed by atoms with Gasteiger partial charge in [0.1, 0.15) is 22.8 Å². The molecule has 0 spiro atoms. The third kappa shape index (κ3) is 4.18. The van der Waals surface area contributed by atoms with Crippen molar-refractivity contribution in [3.05, 3.63) is 65.6 Å². The summed E-state index contributed by atoms with van der Waals surface area (Å²) < 4.78 is 51.6. The number of nitrogens with zero attached hydrogens (tertiary/aromatic N) is 2. The summed E-state index contributed by atoms with van der Waals surface area (Å²) in [6.07, 6.45) is 3.09. The van der Waals surface area contributed by atoms with Gasteiger partial charge in [-0.15, -0.1) is 11.3 Å². The number of nitrogens with one attached hydrogen (secondary N) is 1. The van der Waals surface area contributed by atoms with Crippen molar-refractivity contribution in [1.29, 1.82) is 0 Å². The number of carboxylic acid groups (broad SMARTS) is 1. The average Bonchev–Trinajstić information content (AvgIpc) is 3.46. The van der Waals surface area contributed by atoms with Crippen molar-refractivity contribution < 1.29 is 32.0 Å². The molecule has 164 valence electrons. The Labute approximate surface area is 185 Å². The Morgan fingerprint density at radius 1 is 1.19 bits per heavy atom. The second kappa shape index (κ2) is 8.40. The Kier molecular flexibility index (Phi) is 5.63. The predicted molar refractivity (Wildman–Crippen MR) is 114 cm³/mol. The van der Waals surface area contributed by atoms with Crippen molar-refractivity contribution in [2.45, 2.75) is 5.03 Å². The lowest BCUT2D eigenvalue weighted by Crippen LogP contribution is -2.15. The zero-order valence-corrected chi connectivity index (χ0v) is 17.9. The summed E-state index contributed by atoms with van der Waals surface area (Å²) in [5, 5.41) is 14.2. The molecule has 4 aromatic rings. The number of hydrogen-bond donors (Lipinski definition) is 2. The second-order valence-corrected chi connectivity index (χ2v) is 8.91. The molecular weight excluding hydrogens is 461 g/mol. The van der Waals surface area contributed by atoms with Crippen LogP contribution in [0.15, 0.2) is 63.8 Å². The van der Waals surface area contributed by atoms with E-state index < -0.39 is 27.4 Å². The van der Waals surface area contributed by atoms with Crippen LogP contribution in [0.2, 0.25) is 0 Å². The monoisotopic (exact) mass is 475 g/mol. The summed E-state index contributed by atoms with van der Waals surface area (Å²) in [6.45, 7) is 0. The molecule has 0 aliphatic heterocycles. The van der Waals surface area contributed by atoms with Gasteiger partial charge in [-0.2, -0.15) is 8.42 Å². The molecule has 2 N–H and O–H groups in total. The number of anilines is 1. The molecule has 0 atom stereocenters. The van der Waals surface area contributed by atoms with Crippen LogP contribution in [0.4, 0.5) is 10.1 Å². The number of carboxylic acids is 1. The Bertz CT molecular complexity index is 1380. The molecule has 12 heteroatoms. The third-order valence-electron chi connectivity index (χ3n) is 4.42. The van der Waals surface area contributed by atoms with Gasteiger partial charge >= 0.3 is 5.97 Å². The topological polar surface area (TPSA) is 132 Å². The molecule has 0 unspecified atom stereocenters. The molecule has 0 aliphatic carbocycles. The van der Waals surface area contributed by atoms with Gasteiger partial charge in [0.05, 0.1) is 24.6 Å². The van der Waals surface area contributed by atoms with Crippen molar-refractivity contribution in [1.82, 2.24) is 10.1 Å². The molecule has 32 heavy (non-hydrogen) atoms. The normalized spacial score (nSPS) is 11.3. The molecule has 2 aromatic carbocycles. The van der Waals surface area contributed by atoms with Crippen molar-refractivity contribution in [3.63, 3.8) is 0 Å². The second-order valence-electron chi connectivity index (χ2n) is 6.42. The van der Waals surface area contributed by atoms with Crippen LogP contribution < -0.4 is 9.46 Å². The largest absolute Gasteiger partial charge is 0.495 e. The Balaban J connectivity index is 1.60. The number of benzene rings is 2. The molecule has 0 bridgehead atoms. The van der Waals surface area contributed by atoms with Crippen LogP contribution in [0.1, 0.15) is 10.4 Å². The van der Waals surface area contributed by atoms with Gasteiger partial charge in [-0.25, -0.2) is 14.2 Å². The Morgan fingerprint density at radius 3 is 2.53 bits per heavy atom. The van der Waals surface area contributed by atoms with Crippen molar-refractivity contribution in [2.75, 3.05) is 11.8 Å². The van der Waals surface area contributed by atoms with Crippen molar-refractivity contribution in [3.8, 4) is 27.4 Å². The highest BCUT2D eigenvalue weighted by Crippen LogP contribution is 2.32. The maximum Gasteiger partial charge on any atom is 0.338 e. The van der Waals surface area contributed by atoms with Crippen LogP contribution in [0.5, 0.6) is 5.75 Å². The van der Waals surface area contributed by atoms with Gasteiger partial charge in [-0.05, 0) is 11.6 Å². The molecule has 0 fully saturated rings. The fourth-order valence-corrected chi connectivity index (χ4v) is 4.99. The molecule has 2 heterocycles. The first-order valence-corrected chi connectivity index (χ1v) is 11.2. The van der Waals surface area contributed by atoms with Gasteiger partial charge < -0.3 is 14.4 Å². The van der Waals surface area contributed by atoms with E-state index in [1.807, 2.05) is 12.1 Å². The quantitative estimate of drug-likeness (QED) is 0.408. The number of rotatable bonds is 7. The van der Waals surface area contributed by atoms with E-state index in [1.165, 1.54) is 18.8 Å². The van der Waals surface area contributed by atoms with Gasteiger partial charge in [0, 0.05) is 22.6 Å². The predicted octanol–water partition coefficient (Wildman–Crippen LogP) is 4.11. The number of hydrogen-bond acceptors (Lipinski definition) is 8. The average molecular weight is 475 g/mol. The van der Waals surface area contributed by atoms with E-state index in [-0.39, 0.29) is 16.5 Å². The zero-order valence-electron chi connectivity index (χ0n) is 16.3. The Hall–Kier alpha value is -3.77. The van der Waals surface area contributed by atoms with Gasteiger partial charge in [-0.1, -0.05) is 29.4 Å². The van der Waals surface area contributed by atoms with Crippen LogP contribution >= 0.6 is 11.3 Å². The van der Waals surface area contributed by atoms with Gasteiger partial charge in [0.2, 0.25) is 0 Å². The van der Waals surface area contributed by atoms with E-state index in [9.17, 15) is 17.6 Å². The van der Waals surface area contributed by atoms with Crippen LogP contribution in [-0.2, 0) is 10.0 Å². The highest BCUT2D eigenvalue weighted by atomic mass is 32.2. The Morgan fingerprint density at radius 2 is 1.91 bits per heavy atom. The molecule has 9 nitrogen and oxygen atoms in total. The summed E-state index contributed by atoms with van der Waals surface area (Å²) in [6, 6.07) is 8.87. The fraction of sp³-hybridized carbons (Fsp3) is 0.0500. The number of sulfonamides is 1. The molecule has 0 amide bonds. The minimum Gasteiger partial charge on any atom is -0.495 e. The van der Waals surface area contributed by atoms with E-state index >= 15 is 0 Å². The minimum atomic E-state index is -4.19. The lowest BCUT2D eigenvalue weighted by molar-refractivity contribution is 0.0691. The van der Waals surface area contributed by atoms with E-state index in [2.05, 4.69) is 14.9 Å². The number of ether oxygens (including phenoxy) is 1. The molecule has 0 saturated carbocycles. The number of halogens is 1. The SMILES string of the molecule is COc1cc(C(=O)O)c(F)cc1NS(=O)(=O)c1csc(-c2ccc(-c3cnoc3)cc2)n1. The standard InChI is InChI=1S/C20H14FN3O6S2/c1-29-17-6-14(20(25)26)15(21)7-16(17)24-32(27,28)18-10-31-19(23-18)12-4-2-11(3-5-12)13-8-22-30-9-13/h2-10,24H,1H3,(H,25,26). The maximum absolute atomic E-state index is 14.1. The number of thiazole rings is 1. The molecule has 2 aromatic heterocycles. The van der Waals surface area contributed by atoms with Crippen LogP contribution in [-0.4, -0.2) is 36.7 Å². The summed E-state index contributed by atoms with van der Waals surface area (Å²) >= 11 is 1.12. The molecule has 4 rings (SSSR count). The highest BCUT2D eigenvalue weighted by Gasteiger charge is 2.23. The zero-order chi connectivity index (χ0) is 22.9. The summed E-state index contributed by atoms with van der Waals surface area (Å²) in [5.41, 5.74) is 1.49. The van der Waals surface area contributed by atoms with Crippen LogP contribution in [0, 0.1) is 5.82 Å². The van der Waals surface area contributed by atoms with E-state index in [0.717, 1.165) is 34.6 Å². The van der Waals surface area contributed by atoms with Gasteiger partial charge in [0.15, 0.2) is 5.03 Å². The van der Waals surface area contributed by atoms with Crippen LogP contribution in [0.25, 0.3) is 21.7 Å². The highest BCUT2D eigenvalue weighted by molar-refractivity contribution is 7.92. The summed E-state index contributed by atoms with van der Waals surface area (Å²) in [7, 11) is -2.98. The molecular formula is C20H14FN3O6S2. The van der Waals surface area contributed by atoms with Crippen molar-refractivity contribution in [2.24, 2.45) is 0 Å². The number of carbonyl (C=O) groups is 1. The maximum atomic E-state index is 14.1. The first-order chi connectivity index (χ1) is 15.3. The lowest BCUT2D eigenvalue weighted by Gasteiger charge is -2.12. The lowest BCUT2D eigenvalue weighted by atomic mass is 10.1. The third-order valence-corrected chi connectivity index (χ3v) is 6.71. The smallest absolute Gasteiger partial charge is 0.338 e. The van der Waals surface area contributed by atoms with Crippen molar-refractivity contribution >= 4 is 33.0 Å². The molecule has 0 radical (unpaired) electrons. The van der Waals surface area contributed by atoms with E-state index in [4.69, 9.17) is 14.4 Å². The number of aromatic carboxylic acids is 1. The van der Waals surface area contributed by atoms with E-state index in [0.29, 0.717) is 10.6 Å². The van der Waals surface area contributed by atoms with Gasteiger partial charge in [0.25, 0.3) is 10.0 Å².